The number of hydrogen-bond donors (Lipinski definition) is 1. The number of aromatic amines is 1. The minimum Gasteiger partial charge on any atom is -0.496 e. The summed E-state index contributed by atoms with van der Waals surface area (Å²) in [5, 5.41) is 0.852. The molecule has 18 heavy (non-hydrogen) atoms. The number of H-pyrrole nitrogens is 1. The first-order chi connectivity index (χ1) is 8.61. The molecule has 0 aliphatic heterocycles. The summed E-state index contributed by atoms with van der Waals surface area (Å²) < 4.78 is 18.2. The SMILES string of the molecule is COc1cccc2[nH]c(=O)cc(CCC(F)P)c12. The van der Waals surface area contributed by atoms with Crippen molar-refractivity contribution in [2.24, 2.45) is 0 Å². The van der Waals surface area contributed by atoms with Gasteiger partial charge in [0.15, 0.2) is 0 Å². The highest BCUT2D eigenvalue weighted by Crippen LogP contribution is 2.27. The summed E-state index contributed by atoms with van der Waals surface area (Å²) in [5.41, 5.74) is 1.36. The summed E-state index contributed by atoms with van der Waals surface area (Å²) in [7, 11) is 3.70. The van der Waals surface area contributed by atoms with Crippen LogP contribution in [0, 0.1) is 0 Å². The van der Waals surface area contributed by atoms with E-state index < -0.39 is 5.91 Å². The number of pyridine rings is 1. The first kappa shape index (κ1) is 13.0. The van der Waals surface area contributed by atoms with Crippen LogP contribution in [0.25, 0.3) is 10.9 Å². The molecular weight excluding hydrogens is 252 g/mol. The van der Waals surface area contributed by atoms with Crippen LogP contribution >= 0.6 is 9.24 Å². The molecule has 2 aromatic rings. The number of alkyl halides is 1. The van der Waals surface area contributed by atoms with Gasteiger partial charge in [-0.1, -0.05) is 6.07 Å². The molecule has 3 nitrogen and oxygen atoms in total. The lowest BCUT2D eigenvalue weighted by Crippen LogP contribution is -2.08. The van der Waals surface area contributed by atoms with Crippen LogP contribution in [0.5, 0.6) is 5.75 Å². The molecule has 0 saturated carbocycles. The molecule has 1 aromatic heterocycles. The van der Waals surface area contributed by atoms with E-state index in [9.17, 15) is 9.18 Å². The third-order valence-electron chi connectivity index (χ3n) is 2.82. The predicted molar refractivity (Wildman–Crippen MR) is 74.0 cm³/mol. The van der Waals surface area contributed by atoms with Crippen molar-refractivity contribution < 1.29 is 9.13 Å². The second-order valence-electron chi connectivity index (χ2n) is 4.10. The average molecular weight is 267 g/mol. The second-order valence-corrected chi connectivity index (χ2v) is 4.82. The molecule has 0 fully saturated rings. The van der Waals surface area contributed by atoms with E-state index in [1.165, 1.54) is 6.07 Å². The van der Waals surface area contributed by atoms with E-state index in [-0.39, 0.29) is 5.56 Å². The second kappa shape index (κ2) is 5.49. The number of aromatic nitrogens is 1. The fraction of sp³-hybridized carbons (Fsp3) is 0.308. The van der Waals surface area contributed by atoms with E-state index in [1.54, 1.807) is 7.11 Å². The van der Waals surface area contributed by atoms with Crippen LogP contribution in [0.3, 0.4) is 0 Å². The van der Waals surface area contributed by atoms with Crippen molar-refractivity contribution in [2.75, 3.05) is 7.11 Å². The van der Waals surface area contributed by atoms with Gasteiger partial charge in [0.25, 0.3) is 0 Å². The summed E-state index contributed by atoms with van der Waals surface area (Å²) in [4.78, 5) is 14.3. The molecule has 0 radical (unpaired) electrons. The molecule has 0 spiro atoms. The van der Waals surface area contributed by atoms with Gasteiger partial charge >= 0.3 is 0 Å². The Morgan fingerprint density at radius 1 is 1.50 bits per heavy atom. The van der Waals surface area contributed by atoms with E-state index in [2.05, 4.69) is 14.2 Å². The number of hydrogen-bond acceptors (Lipinski definition) is 2. The quantitative estimate of drug-likeness (QED) is 0.865. The van der Waals surface area contributed by atoms with Gasteiger partial charge in [0.05, 0.1) is 12.6 Å². The van der Waals surface area contributed by atoms with Gasteiger partial charge in [0.2, 0.25) is 5.56 Å². The third kappa shape index (κ3) is 2.70. The fourth-order valence-corrected chi connectivity index (χ4v) is 2.19. The number of aryl methyl sites for hydroxylation is 1. The van der Waals surface area contributed by atoms with Crippen LogP contribution < -0.4 is 10.3 Å². The highest BCUT2D eigenvalue weighted by molar-refractivity contribution is 7.17. The molecule has 2 unspecified atom stereocenters. The Morgan fingerprint density at radius 3 is 2.94 bits per heavy atom. The zero-order valence-electron chi connectivity index (χ0n) is 10.1. The topological polar surface area (TPSA) is 42.1 Å². The highest BCUT2D eigenvalue weighted by atomic mass is 31.0. The maximum absolute atomic E-state index is 12.9. The molecule has 0 saturated heterocycles. The number of benzene rings is 1. The van der Waals surface area contributed by atoms with Crippen LogP contribution in [-0.4, -0.2) is 18.0 Å². The summed E-state index contributed by atoms with van der Waals surface area (Å²) in [6.07, 6.45) is 0.868. The maximum Gasteiger partial charge on any atom is 0.248 e. The molecule has 1 heterocycles. The Kier molecular flexibility index (Phi) is 3.97. The van der Waals surface area contributed by atoms with Gasteiger partial charge in [-0.15, -0.1) is 9.24 Å². The summed E-state index contributed by atoms with van der Waals surface area (Å²) in [6, 6.07) is 6.97. The first-order valence-corrected chi connectivity index (χ1v) is 6.37. The lowest BCUT2D eigenvalue weighted by molar-refractivity contribution is 0.418. The summed E-state index contributed by atoms with van der Waals surface area (Å²) >= 11 is 0. The van der Waals surface area contributed by atoms with E-state index in [0.29, 0.717) is 18.6 Å². The highest BCUT2D eigenvalue weighted by Gasteiger charge is 2.10. The monoisotopic (exact) mass is 267 g/mol. The molecule has 96 valence electrons. The van der Waals surface area contributed by atoms with Gasteiger partial charge in [-0.2, -0.15) is 0 Å². The molecular formula is C13H15FNO2P. The third-order valence-corrected chi connectivity index (χ3v) is 3.15. The fourth-order valence-electron chi connectivity index (χ4n) is 2.03. The molecule has 1 N–H and O–H groups in total. The largest absolute Gasteiger partial charge is 0.496 e. The predicted octanol–water partition coefficient (Wildman–Crippen LogP) is 2.64. The lowest BCUT2D eigenvalue weighted by Gasteiger charge is -2.10. The number of nitrogens with one attached hydrogen (secondary N) is 1. The maximum atomic E-state index is 12.9. The number of fused-ring (bicyclic) bond motifs is 1. The Bertz CT molecular complexity index is 609. The average Bonchev–Trinajstić information content (AvgIpc) is 2.34. The van der Waals surface area contributed by atoms with Crippen LogP contribution in [0.4, 0.5) is 4.39 Å². The van der Waals surface area contributed by atoms with Crippen molar-refractivity contribution in [1.29, 1.82) is 0 Å². The zero-order chi connectivity index (χ0) is 13.1. The van der Waals surface area contributed by atoms with Crippen molar-refractivity contribution in [3.8, 4) is 5.75 Å². The minimum absolute atomic E-state index is 0.176. The van der Waals surface area contributed by atoms with E-state index in [4.69, 9.17) is 4.74 Å². The van der Waals surface area contributed by atoms with Crippen LogP contribution in [-0.2, 0) is 6.42 Å². The molecule has 0 bridgehead atoms. The molecule has 0 amide bonds. The van der Waals surface area contributed by atoms with Gasteiger partial charge in [-0.05, 0) is 30.5 Å². The molecule has 0 aliphatic carbocycles. The molecule has 2 atom stereocenters. The Morgan fingerprint density at radius 2 is 2.28 bits per heavy atom. The van der Waals surface area contributed by atoms with Crippen LogP contribution in [0.2, 0.25) is 0 Å². The number of methoxy groups -OCH3 is 1. The molecule has 5 heteroatoms. The van der Waals surface area contributed by atoms with Crippen LogP contribution in [0.1, 0.15) is 12.0 Å². The van der Waals surface area contributed by atoms with Gasteiger partial charge in [0.1, 0.15) is 11.7 Å². The van der Waals surface area contributed by atoms with Crippen molar-refractivity contribution in [3.63, 3.8) is 0 Å². The number of rotatable bonds is 4. The van der Waals surface area contributed by atoms with Crippen molar-refractivity contribution >= 4 is 20.1 Å². The lowest BCUT2D eigenvalue weighted by atomic mass is 10.0. The van der Waals surface area contributed by atoms with Gasteiger partial charge < -0.3 is 9.72 Å². The van der Waals surface area contributed by atoms with Crippen molar-refractivity contribution in [2.45, 2.75) is 18.8 Å². The van der Waals surface area contributed by atoms with Crippen LogP contribution in [0.15, 0.2) is 29.1 Å². The van der Waals surface area contributed by atoms with Crippen molar-refractivity contribution in [3.05, 3.63) is 40.2 Å². The Balaban J connectivity index is 2.58. The zero-order valence-corrected chi connectivity index (χ0v) is 11.2. The summed E-state index contributed by atoms with van der Waals surface area (Å²) in [5.74, 6) is -0.271. The number of halogens is 1. The van der Waals surface area contributed by atoms with E-state index >= 15 is 0 Å². The molecule has 2 rings (SSSR count). The first-order valence-electron chi connectivity index (χ1n) is 5.70. The normalized spacial score (nSPS) is 12.6. The Hall–Kier alpha value is -1.41. The number of ether oxygens (including phenoxy) is 1. The van der Waals surface area contributed by atoms with Gasteiger partial charge in [-0.25, -0.2) is 4.39 Å². The smallest absolute Gasteiger partial charge is 0.248 e. The van der Waals surface area contributed by atoms with Crippen molar-refractivity contribution in [1.82, 2.24) is 4.98 Å². The van der Waals surface area contributed by atoms with Gasteiger partial charge in [-0.3, -0.25) is 4.79 Å². The summed E-state index contributed by atoms with van der Waals surface area (Å²) in [6.45, 7) is 0. The van der Waals surface area contributed by atoms with E-state index in [0.717, 1.165) is 16.5 Å². The molecule has 0 aliphatic rings. The minimum atomic E-state index is -0.964. The standard InChI is InChI=1S/C13H15FNO2P/c1-17-10-4-2-3-9-13(10)8(5-6-11(14)18)7-12(16)15-9/h2-4,7,11H,5-6,18H2,1H3,(H,15,16). The molecule has 1 aromatic carbocycles. The van der Waals surface area contributed by atoms with Gasteiger partial charge in [0, 0.05) is 11.5 Å². The van der Waals surface area contributed by atoms with E-state index in [1.807, 2.05) is 18.2 Å². The Labute approximate surface area is 107 Å².